The molecule has 0 fully saturated rings. The number of aromatic hydroxyl groups is 1. The predicted octanol–water partition coefficient (Wildman–Crippen LogP) is 3.33. The molecule has 0 saturated carbocycles. The Labute approximate surface area is 200 Å². The Hall–Kier alpha value is -2.86. The fourth-order valence-electron chi connectivity index (χ4n) is 3.01. The molecule has 0 aliphatic rings. The number of aryl methyl sites for hydroxylation is 1. The van der Waals surface area contributed by atoms with Gasteiger partial charge in [-0.2, -0.15) is 11.8 Å². The molecule has 182 valence electrons. The highest BCUT2D eigenvalue weighted by atomic mass is 32.2. The number of terminal acetylenes is 1. The number of benzene rings is 1. The first-order valence-electron chi connectivity index (χ1n) is 10.7. The summed E-state index contributed by atoms with van der Waals surface area (Å²) in [6, 6.07) is 4.59. The lowest BCUT2D eigenvalue weighted by Gasteiger charge is -2.31. The summed E-state index contributed by atoms with van der Waals surface area (Å²) in [5, 5.41) is 15.3. The number of nitrogens with zero attached hydrogens (tertiary/aromatic N) is 1. The SMILES string of the molecule is C#CN(C(=O)C(CCSC)NC(=O)OC(C)(C)C)C(C(=O)NC(C)C)c1ccc(O)c(C)c1. The second-order valence-corrected chi connectivity index (χ2v) is 9.91. The van der Waals surface area contributed by atoms with Crippen molar-refractivity contribution in [3.8, 4) is 18.2 Å². The molecule has 1 aromatic rings. The topological polar surface area (TPSA) is 108 Å². The third-order valence-corrected chi connectivity index (χ3v) is 5.09. The third-order valence-electron chi connectivity index (χ3n) is 4.45. The van der Waals surface area contributed by atoms with Crippen LogP contribution in [0.2, 0.25) is 0 Å². The summed E-state index contributed by atoms with van der Waals surface area (Å²) in [7, 11) is 0. The maximum absolute atomic E-state index is 13.5. The van der Waals surface area contributed by atoms with Gasteiger partial charge in [-0.05, 0) is 83.2 Å². The van der Waals surface area contributed by atoms with Crippen molar-refractivity contribution < 1.29 is 24.2 Å². The Morgan fingerprint density at radius 1 is 1.24 bits per heavy atom. The number of amides is 3. The fourth-order valence-corrected chi connectivity index (χ4v) is 3.48. The van der Waals surface area contributed by atoms with Gasteiger partial charge in [-0.15, -0.1) is 0 Å². The van der Waals surface area contributed by atoms with Gasteiger partial charge in [-0.3, -0.25) is 14.5 Å². The lowest BCUT2D eigenvalue weighted by Crippen LogP contribution is -2.52. The van der Waals surface area contributed by atoms with Crippen LogP contribution in [0, 0.1) is 19.4 Å². The Balaban J connectivity index is 3.37. The average Bonchev–Trinajstić information content (AvgIpc) is 2.68. The monoisotopic (exact) mass is 477 g/mol. The van der Waals surface area contributed by atoms with Crippen molar-refractivity contribution in [3.05, 3.63) is 29.3 Å². The smallest absolute Gasteiger partial charge is 0.408 e. The summed E-state index contributed by atoms with van der Waals surface area (Å²) in [4.78, 5) is 40.0. The lowest BCUT2D eigenvalue weighted by molar-refractivity contribution is -0.138. The number of phenols is 1. The van der Waals surface area contributed by atoms with Gasteiger partial charge in [0.15, 0.2) is 0 Å². The minimum Gasteiger partial charge on any atom is -0.508 e. The summed E-state index contributed by atoms with van der Waals surface area (Å²) in [6.07, 6.45) is 7.15. The molecule has 0 aliphatic heterocycles. The van der Waals surface area contributed by atoms with Crippen molar-refractivity contribution in [2.45, 2.75) is 71.7 Å². The number of thioether (sulfide) groups is 1. The first-order valence-corrected chi connectivity index (χ1v) is 12.1. The van der Waals surface area contributed by atoms with E-state index in [1.807, 2.05) is 6.26 Å². The van der Waals surface area contributed by atoms with Crippen LogP contribution < -0.4 is 10.6 Å². The zero-order valence-corrected chi connectivity index (χ0v) is 21.2. The first-order chi connectivity index (χ1) is 15.3. The number of phenolic OH excluding ortho intramolecular Hbond substituents is 1. The zero-order chi connectivity index (χ0) is 25.3. The average molecular weight is 478 g/mol. The zero-order valence-electron chi connectivity index (χ0n) is 20.4. The van der Waals surface area contributed by atoms with E-state index in [0.29, 0.717) is 23.3 Å². The number of ether oxygens (including phenoxy) is 1. The molecule has 2 unspecified atom stereocenters. The minimum absolute atomic E-state index is 0.0600. The second kappa shape index (κ2) is 12.4. The first kappa shape index (κ1) is 28.2. The van der Waals surface area contributed by atoms with Crippen molar-refractivity contribution in [3.63, 3.8) is 0 Å². The van der Waals surface area contributed by atoms with E-state index in [4.69, 9.17) is 11.2 Å². The van der Waals surface area contributed by atoms with Gasteiger partial charge in [-0.25, -0.2) is 4.79 Å². The number of carbonyl (C=O) groups excluding carboxylic acids is 3. The van der Waals surface area contributed by atoms with Gasteiger partial charge in [0.2, 0.25) is 5.91 Å². The van der Waals surface area contributed by atoms with E-state index in [-0.39, 0.29) is 11.8 Å². The molecule has 0 spiro atoms. The molecular weight excluding hydrogens is 442 g/mol. The van der Waals surface area contributed by atoms with Gasteiger partial charge in [-0.1, -0.05) is 12.5 Å². The van der Waals surface area contributed by atoms with Crippen LogP contribution in [0.4, 0.5) is 4.79 Å². The van der Waals surface area contributed by atoms with Crippen LogP contribution in [0.1, 0.15) is 58.2 Å². The molecule has 0 aliphatic carbocycles. The predicted molar refractivity (Wildman–Crippen MR) is 131 cm³/mol. The van der Waals surface area contributed by atoms with Crippen molar-refractivity contribution in [2.75, 3.05) is 12.0 Å². The van der Waals surface area contributed by atoms with Gasteiger partial charge in [0.25, 0.3) is 5.91 Å². The number of rotatable bonds is 9. The summed E-state index contributed by atoms with van der Waals surface area (Å²) < 4.78 is 5.30. The van der Waals surface area contributed by atoms with E-state index >= 15 is 0 Å². The van der Waals surface area contributed by atoms with Crippen LogP contribution in [0.15, 0.2) is 18.2 Å². The number of nitrogens with one attached hydrogen (secondary N) is 2. The standard InChI is InChI=1S/C24H35N3O5S/c1-9-27(22(30)18(12-13-33-8)26-23(31)32-24(5,6)7)20(21(29)25-15(2)3)17-10-11-19(28)16(4)14-17/h1,10-11,14-15,18,20,28H,12-13H2,2-8H3,(H,25,29)(H,26,31). The number of alkyl carbamates (subject to hydrolysis) is 1. The number of hydrogen-bond donors (Lipinski definition) is 3. The Morgan fingerprint density at radius 3 is 2.36 bits per heavy atom. The van der Waals surface area contributed by atoms with Crippen molar-refractivity contribution in [1.82, 2.24) is 15.5 Å². The highest BCUT2D eigenvalue weighted by molar-refractivity contribution is 7.98. The van der Waals surface area contributed by atoms with Gasteiger partial charge in [0, 0.05) is 12.1 Å². The molecular formula is C24H35N3O5S. The van der Waals surface area contributed by atoms with Crippen molar-refractivity contribution in [2.24, 2.45) is 0 Å². The van der Waals surface area contributed by atoms with Crippen LogP contribution in [0.3, 0.4) is 0 Å². The van der Waals surface area contributed by atoms with Crippen LogP contribution >= 0.6 is 11.8 Å². The Morgan fingerprint density at radius 2 is 1.88 bits per heavy atom. The molecule has 0 bridgehead atoms. The van der Waals surface area contributed by atoms with E-state index < -0.39 is 35.6 Å². The Kier molecular flexibility index (Phi) is 10.6. The minimum atomic E-state index is -1.15. The summed E-state index contributed by atoms with van der Waals surface area (Å²) in [6.45, 7) is 10.4. The molecule has 9 heteroatoms. The van der Waals surface area contributed by atoms with Gasteiger partial charge >= 0.3 is 6.09 Å². The molecule has 3 amide bonds. The maximum Gasteiger partial charge on any atom is 0.408 e. The lowest BCUT2D eigenvalue weighted by atomic mass is 10.00. The van der Waals surface area contributed by atoms with Gasteiger partial charge < -0.3 is 20.5 Å². The third kappa shape index (κ3) is 8.89. The molecule has 0 radical (unpaired) electrons. The molecule has 1 aromatic carbocycles. The molecule has 2 atom stereocenters. The van der Waals surface area contributed by atoms with E-state index in [1.165, 1.54) is 17.8 Å². The molecule has 8 nitrogen and oxygen atoms in total. The van der Waals surface area contributed by atoms with Crippen molar-refractivity contribution in [1.29, 1.82) is 0 Å². The van der Waals surface area contributed by atoms with E-state index in [9.17, 15) is 19.5 Å². The molecule has 0 heterocycles. The highest BCUT2D eigenvalue weighted by Crippen LogP contribution is 2.27. The second-order valence-electron chi connectivity index (χ2n) is 8.93. The molecule has 0 saturated heterocycles. The number of hydrogen-bond acceptors (Lipinski definition) is 6. The van der Waals surface area contributed by atoms with Crippen molar-refractivity contribution >= 4 is 29.7 Å². The maximum atomic E-state index is 13.5. The van der Waals surface area contributed by atoms with Crippen LogP contribution in [-0.4, -0.2) is 57.6 Å². The van der Waals surface area contributed by atoms with Crippen LogP contribution in [-0.2, 0) is 14.3 Å². The summed E-state index contributed by atoms with van der Waals surface area (Å²) in [5.41, 5.74) is 0.229. The molecule has 0 aromatic heterocycles. The molecule has 3 N–H and O–H groups in total. The molecule has 33 heavy (non-hydrogen) atoms. The van der Waals surface area contributed by atoms with Crippen LogP contribution in [0.5, 0.6) is 5.75 Å². The van der Waals surface area contributed by atoms with Gasteiger partial charge in [0.1, 0.15) is 23.4 Å². The normalized spacial score (nSPS) is 12.9. The van der Waals surface area contributed by atoms with E-state index in [2.05, 4.69) is 16.7 Å². The fraction of sp³-hybridized carbons (Fsp3) is 0.542. The highest BCUT2D eigenvalue weighted by Gasteiger charge is 2.36. The van der Waals surface area contributed by atoms with Gasteiger partial charge in [0.05, 0.1) is 0 Å². The number of carbonyl (C=O) groups is 3. The van der Waals surface area contributed by atoms with E-state index in [1.54, 1.807) is 53.7 Å². The summed E-state index contributed by atoms with van der Waals surface area (Å²) >= 11 is 1.51. The largest absolute Gasteiger partial charge is 0.508 e. The quantitative estimate of drug-likeness (QED) is 0.372. The molecule has 1 rings (SSSR count). The van der Waals surface area contributed by atoms with E-state index in [0.717, 1.165) is 4.90 Å². The Bertz CT molecular complexity index is 889. The summed E-state index contributed by atoms with van der Waals surface area (Å²) in [5.74, 6) is -0.440. The van der Waals surface area contributed by atoms with Crippen LogP contribution in [0.25, 0.3) is 0 Å².